The highest BCUT2D eigenvalue weighted by molar-refractivity contribution is 6.59. The highest BCUT2D eigenvalue weighted by Gasteiger charge is 2.21. The van der Waals surface area contributed by atoms with Crippen molar-refractivity contribution >= 4 is 84.0 Å². The zero-order chi connectivity index (χ0) is 38.1. The third-order valence-corrected chi connectivity index (χ3v) is 11.3. The lowest BCUT2D eigenvalue weighted by molar-refractivity contribution is 0.426. The van der Waals surface area contributed by atoms with Gasteiger partial charge in [-0.1, -0.05) is 112 Å². The van der Waals surface area contributed by atoms with E-state index in [0.29, 0.717) is 5.46 Å². The van der Waals surface area contributed by atoms with Gasteiger partial charge in [0.25, 0.3) is 0 Å². The van der Waals surface area contributed by atoms with Crippen molar-refractivity contribution in [3.05, 3.63) is 181 Å². The highest BCUT2D eigenvalue weighted by atomic mass is 16.4. The molecule has 6 heteroatoms. The van der Waals surface area contributed by atoms with Gasteiger partial charge in [-0.2, -0.15) is 0 Å². The first kappa shape index (κ1) is 33.9. The normalized spacial score (nSPS) is 12.0. The molecule has 270 valence electrons. The monoisotopic (exact) mass is 725 g/mol. The quantitative estimate of drug-likeness (QED) is 0.168. The summed E-state index contributed by atoms with van der Waals surface area (Å²) in [5.41, 5.74) is 11.4. The molecular weight excluding hydrogens is 685 g/mol. The zero-order valence-corrected chi connectivity index (χ0v) is 31.6. The predicted octanol–water partition coefficient (Wildman–Crippen LogP) is 11.5. The van der Waals surface area contributed by atoms with Crippen LogP contribution in [0, 0.1) is 0 Å². The molecule has 0 spiro atoms. The molecule has 0 aliphatic rings. The van der Waals surface area contributed by atoms with Crippen molar-refractivity contribution in [3.8, 4) is 11.4 Å². The Kier molecular flexibility index (Phi) is 7.89. The third kappa shape index (κ3) is 5.49. The molecule has 10 aromatic rings. The van der Waals surface area contributed by atoms with Crippen LogP contribution in [0.15, 0.2) is 176 Å². The minimum absolute atomic E-state index is 0.0362. The highest BCUT2D eigenvalue weighted by Crippen LogP contribution is 2.40. The van der Waals surface area contributed by atoms with Gasteiger partial charge in [-0.3, -0.25) is 0 Å². The number of aromatic nitrogens is 2. The van der Waals surface area contributed by atoms with Gasteiger partial charge < -0.3 is 24.1 Å². The Labute approximate surface area is 326 Å². The van der Waals surface area contributed by atoms with Crippen LogP contribution >= 0.6 is 0 Å². The molecule has 2 heterocycles. The lowest BCUT2D eigenvalue weighted by Gasteiger charge is -2.27. The number of fused-ring (bicyclic) bond motifs is 8. The van der Waals surface area contributed by atoms with Crippen LogP contribution in [0.4, 0.5) is 17.1 Å². The van der Waals surface area contributed by atoms with Gasteiger partial charge in [0.05, 0.1) is 22.1 Å². The Morgan fingerprint density at radius 1 is 0.446 bits per heavy atom. The van der Waals surface area contributed by atoms with Crippen LogP contribution in [0.1, 0.15) is 26.3 Å². The van der Waals surface area contributed by atoms with E-state index in [2.05, 4.69) is 193 Å². The summed E-state index contributed by atoms with van der Waals surface area (Å²) in [4.78, 5) is 2.31. The number of hydrogen-bond donors (Lipinski definition) is 2. The molecule has 0 radical (unpaired) electrons. The van der Waals surface area contributed by atoms with E-state index in [4.69, 9.17) is 0 Å². The number of benzene rings is 8. The first-order valence-electron chi connectivity index (χ1n) is 19.2. The Balaban J connectivity index is 1.11. The van der Waals surface area contributed by atoms with Gasteiger partial charge in [0.1, 0.15) is 0 Å². The van der Waals surface area contributed by atoms with E-state index in [0.717, 1.165) is 61.0 Å². The number of anilines is 3. The second-order valence-electron chi connectivity index (χ2n) is 15.7. The van der Waals surface area contributed by atoms with Gasteiger partial charge in [-0.25, -0.2) is 0 Å². The Hall–Kier alpha value is -6.60. The summed E-state index contributed by atoms with van der Waals surface area (Å²) < 4.78 is 4.58. The van der Waals surface area contributed by atoms with E-state index in [1.165, 1.54) is 27.4 Å². The van der Waals surface area contributed by atoms with Crippen molar-refractivity contribution in [1.29, 1.82) is 0 Å². The fraction of sp³-hybridized carbons (Fsp3) is 0.0800. The molecule has 10 rings (SSSR count). The minimum atomic E-state index is -1.57. The fourth-order valence-corrected chi connectivity index (χ4v) is 8.50. The maximum atomic E-state index is 10.2. The van der Waals surface area contributed by atoms with Gasteiger partial charge in [0, 0.05) is 50.0 Å². The summed E-state index contributed by atoms with van der Waals surface area (Å²) in [5, 5.41) is 27.4. The van der Waals surface area contributed by atoms with Gasteiger partial charge in [-0.15, -0.1) is 0 Å². The van der Waals surface area contributed by atoms with Gasteiger partial charge >= 0.3 is 7.12 Å². The van der Waals surface area contributed by atoms with E-state index >= 15 is 0 Å². The molecule has 0 saturated carbocycles. The lowest BCUT2D eigenvalue weighted by Crippen LogP contribution is -2.29. The molecule has 0 saturated heterocycles. The van der Waals surface area contributed by atoms with Crippen LogP contribution in [-0.4, -0.2) is 26.3 Å². The Morgan fingerprint density at radius 3 is 1.50 bits per heavy atom. The predicted molar refractivity (Wildman–Crippen MR) is 236 cm³/mol. The van der Waals surface area contributed by atoms with Crippen LogP contribution in [0.2, 0.25) is 0 Å². The largest absolute Gasteiger partial charge is 0.488 e. The number of hydrogen-bond acceptors (Lipinski definition) is 3. The van der Waals surface area contributed by atoms with Crippen LogP contribution in [0.5, 0.6) is 0 Å². The molecule has 0 amide bonds. The molecule has 0 atom stereocenters. The molecule has 0 aliphatic carbocycles. The Morgan fingerprint density at radius 2 is 0.946 bits per heavy atom. The van der Waals surface area contributed by atoms with E-state index in [9.17, 15) is 10.0 Å². The molecule has 0 fully saturated rings. The van der Waals surface area contributed by atoms with Crippen molar-refractivity contribution in [2.75, 3.05) is 4.90 Å². The molecule has 5 nitrogen and oxygen atoms in total. The molecule has 2 aromatic heterocycles. The zero-order valence-electron chi connectivity index (χ0n) is 31.6. The summed E-state index contributed by atoms with van der Waals surface area (Å²) in [5.74, 6) is 0. The SMILES string of the molecule is CC(C)(C)c1ccc(N(c2ccc(-n3c4ccccc4c4ccccc43)cc2)c2ccc(-n3c4cc(B(O)O)ccc4c4c5ccccc5ccc43)cc2)cc1. The van der Waals surface area contributed by atoms with Gasteiger partial charge in [-0.05, 0) is 112 Å². The molecule has 56 heavy (non-hydrogen) atoms. The fourth-order valence-electron chi connectivity index (χ4n) is 8.50. The van der Waals surface area contributed by atoms with E-state index in [1.807, 2.05) is 12.1 Å². The standard InChI is InChI=1S/C50H40BN3O2/c1-50(2,3)34-17-20-36(21-18-34)52(37-22-26-39(27-23-37)53-45-14-8-6-12-42(45)43-13-7-9-15-46(43)53)38-24-28-40(29-25-38)54-47-31-16-33-10-4-5-11-41(33)49(47)44-30-19-35(51(55)56)32-48(44)54/h4-32,55-56H,1-3H3. The van der Waals surface area contributed by atoms with E-state index < -0.39 is 7.12 Å². The van der Waals surface area contributed by atoms with Crippen LogP contribution in [0.25, 0.3) is 65.8 Å². The van der Waals surface area contributed by atoms with Crippen molar-refractivity contribution in [2.45, 2.75) is 26.2 Å². The Bertz CT molecular complexity index is 3030. The summed E-state index contributed by atoms with van der Waals surface area (Å²) in [7, 11) is -1.57. The maximum Gasteiger partial charge on any atom is 0.488 e. The molecule has 0 aliphatic heterocycles. The summed E-state index contributed by atoms with van der Waals surface area (Å²) in [6.07, 6.45) is 0. The maximum absolute atomic E-state index is 10.2. The summed E-state index contributed by atoms with van der Waals surface area (Å²) in [6, 6.07) is 62.1. The van der Waals surface area contributed by atoms with Crippen LogP contribution in [0.3, 0.4) is 0 Å². The molecule has 8 aromatic carbocycles. The third-order valence-electron chi connectivity index (χ3n) is 11.3. The van der Waals surface area contributed by atoms with Crippen molar-refractivity contribution < 1.29 is 10.0 Å². The average Bonchev–Trinajstić information content (AvgIpc) is 3.74. The number of rotatable bonds is 6. The van der Waals surface area contributed by atoms with Gasteiger partial charge in [0.2, 0.25) is 0 Å². The average molecular weight is 726 g/mol. The summed E-state index contributed by atoms with van der Waals surface area (Å²) >= 11 is 0. The first-order chi connectivity index (χ1) is 27.2. The molecule has 0 unspecified atom stereocenters. The van der Waals surface area contributed by atoms with Crippen molar-refractivity contribution in [2.24, 2.45) is 0 Å². The summed E-state index contributed by atoms with van der Waals surface area (Å²) in [6.45, 7) is 6.73. The lowest BCUT2D eigenvalue weighted by atomic mass is 9.80. The first-order valence-corrected chi connectivity index (χ1v) is 19.2. The van der Waals surface area contributed by atoms with Crippen LogP contribution < -0.4 is 10.4 Å². The number of para-hydroxylation sites is 2. The number of nitrogens with zero attached hydrogens (tertiary/aromatic N) is 3. The molecule has 2 N–H and O–H groups in total. The van der Waals surface area contributed by atoms with E-state index in [1.54, 1.807) is 6.07 Å². The van der Waals surface area contributed by atoms with Crippen molar-refractivity contribution in [1.82, 2.24) is 9.13 Å². The second kappa shape index (κ2) is 13.0. The molecule has 0 bridgehead atoms. The van der Waals surface area contributed by atoms with Crippen LogP contribution in [-0.2, 0) is 5.41 Å². The smallest absolute Gasteiger partial charge is 0.423 e. The van der Waals surface area contributed by atoms with E-state index in [-0.39, 0.29) is 5.41 Å². The molecular formula is C50H40BN3O2. The topological polar surface area (TPSA) is 53.6 Å². The second-order valence-corrected chi connectivity index (χ2v) is 15.7. The minimum Gasteiger partial charge on any atom is -0.423 e. The van der Waals surface area contributed by atoms with Gasteiger partial charge in [0.15, 0.2) is 0 Å². The van der Waals surface area contributed by atoms with Crippen molar-refractivity contribution in [3.63, 3.8) is 0 Å².